The zero-order chi connectivity index (χ0) is 25.1. The SMILES string of the molecule is CN(C)CC1c2nc(CC(=O)NCc3ccc(F)cc3)c(O)c(=O)n2CCN1Cc1ccn(C)n1. The summed E-state index contributed by atoms with van der Waals surface area (Å²) in [4.78, 5) is 34.4. The molecule has 0 saturated heterocycles. The summed E-state index contributed by atoms with van der Waals surface area (Å²) in [6.07, 6.45) is 1.64. The summed E-state index contributed by atoms with van der Waals surface area (Å²) in [7, 11) is 5.75. The average molecular weight is 484 g/mol. The molecule has 4 rings (SSSR count). The molecule has 0 aliphatic carbocycles. The van der Waals surface area contributed by atoms with Crippen molar-refractivity contribution in [2.24, 2.45) is 7.05 Å². The van der Waals surface area contributed by atoms with Gasteiger partial charge in [-0.2, -0.15) is 5.10 Å². The first-order valence-electron chi connectivity index (χ1n) is 11.4. The zero-order valence-electron chi connectivity index (χ0n) is 20.1. The molecule has 1 atom stereocenters. The van der Waals surface area contributed by atoms with Gasteiger partial charge in [-0.1, -0.05) is 12.1 Å². The number of carbonyl (C=O) groups is 1. The van der Waals surface area contributed by atoms with Gasteiger partial charge in [-0.3, -0.25) is 23.7 Å². The molecule has 1 unspecified atom stereocenters. The molecule has 11 heteroatoms. The number of hydrogen-bond acceptors (Lipinski definition) is 7. The van der Waals surface area contributed by atoms with Crippen molar-refractivity contribution in [3.8, 4) is 5.75 Å². The molecule has 0 bridgehead atoms. The fourth-order valence-electron chi connectivity index (χ4n) is 4.25. The molecule has 1 aliphatic rings. The number of nitrogens with one attached hydrogen (secondary N) is 1. The van der Waals surface area contributed by atoms with Crippen LogP contribution in [0.4, 0.5) is 4.39 Å². The van der Waals surface area contributed by atoms with Crippen LogP contribution in [0.25, 0.3) is 0 Å². The number of aryl methyl sites for hydroxylation is 1. The van der Waals surface area contributed by atoms with E-state index in [-0.39, 0.29) is 30.5 Å². The molecule has 0 saturated carbocycles. The van der Waals surface area contributed by atoms with E-state index in [4.69, 9.17) is 0 Å². The van der Waals surface area contributed by atoms with E-state index in [1.54, 1.807) is 16.8 Å². The molecule has 10 nitrogen and oxygen atoms in total. The van der Waals surface area contributed by atoms with Crippen LogP contribution < -0.4 is 10.9 Å². The Morgan fingerprint density at radius 2 is 1.97 bits per heavy atom. The van der Waals surface area contributed by atoms with Gasteiger partial charge in [-0.15, -0.1) is 0 Å². The van der Waals surface area contributed by atoms with Gasteiger partial charge in [0.15, 0.2) is 0 Å². The van der Waals surface area contributed by atoms with E-state index in [1.807, 2.05) is 38.3 Å². The number of fused-ring (bicyclic) bond motifs is 1. The maximum absolute atomic E-state index is 13.1. The van der Waals surface area contributed by atoms with E-state index in [0.717, 1.165) is 11.3 Å². The minimum absolute atomic E-state index is 0.0429. The van der Waals surface area contributed by atoms with Crippen LogP contribution in [0.2, 0.25) is 0 Å². The summed E-state index contributed by atoms with van der Waals surface area (Å²) < 4.78 is 16.3. The van der Waals surface area contributed by atoms with Gasteiger partial charge in [0.25, 0.3) is 5.56 Å². The molecule has 2 aromatic heterocycles. The smallest absolute Gasteiger partial charge is 0.296 e. The zero-order valence-corrected chi connectivity index (χ0v) is 20.1. The van der Waals surface area contributed by atoms with Crippen molar-refractivity contribution in [3.63, 3.8) is 0 Å². The summed E-state index contributed by atoms with van der Waals surface area (Å²) in [6, 6.07) is 7.53. The van der Waals surface area contributed by atoms with Gasteiger partial charge in [0.2, 0.25) is 11.7 Å². The second-order valence-electron chi connectivity index (χ2n) is 9.03. The fraction of sp³-hybridized carbons (Fsp3) is 0.417. The van der Waals surface area contributed by atoms with Gasteiger partial charge in [0.05, 0.1) is 23.9 Å². The van der Waals surface area contributed by atoms with E-state index in [1.165, 1.54) is 16.7 Å². The highest BCUT2D eigenvalue weighted by atomic mass is 19.1. The summed E-state index contributed by atoms with van der Waals surface area (Å²) >= 11 is 0. The molecule has 1 aromatic carbocycles. The minimum Gasteiger partial charge on any atom is -0.502 e. The third-order valence-electron chi connectivity index (χ3n) is 6.00. The van der Waals surface area contributed by atoms with Gasteiger partial charge in [0, 0.05) is 46.0 Å². The molecule has 0 radical (unpaired) electrons. The van der Waals surface area contributed by atoms with Gasteiger partial charge >= 0.3 is 0 Å². The first-order valence-corrected chi connectivity index (χ1v) is 11.4. The number of nitrogens with zero attached hydrogens (tertiary/aromatic N) is 6. The number of amides is 1. The molecule has 3 aromatic rings. The molecule has 3 heterocycles. The maximum Gasteiger partial charge on any atom is 0.296 e. The van der Waals surface area contributed by atoms with Crippen LogP contribution in [0.1, 0.15) is 28.8 Å². The Kier molecular flexibility index (Phi) is 7.27. The highest BCUT2D eigenvalue weighted by molar-refractivity contribution is 5.78. The fourth-order valence-corrected chi connectivity index (χ4v) is 4.25. The number of likely N-dealkylation sites (N-methyl/N-ethyl adjacent to an activating group) is 1. The van der Waals surface area contributed by atoms with Crippen LogP contribution in [0.3, 0.4) is 0 Å². The Bertz CT molecular complexity index is 1250. The molecule has 35 heavy (non-hydrogen) atoms. The van der Waals surface area contributed by atoms with Crippen molar-refractivity contribution in [1.82, 2.24) is 34.4 Å². The Balaban J connectivity index is 1.57. The highest BCUT2D eigenvalue weighted by Gasteiger charge is 2.32. The van der Waals surface area contributed by atoms with Crippen LogP contribution in [-0.4, -0.2) is 67.3 Å². The van der Waals surface area contributed by atoms with Gasteiger partial charge < -0.3 is 15.3 Å². The van der Waals surface area contributed by atoms with Crippen molar-refractivity contribution in [1.29, 1.82) is 0 Å². The van der Waals surface area contributed by atoms with Crippen molar-refractivity contribution < 1.29 is 14.3 Å². The monoisotopic (exact) mass is 483 g/mol. The Morgan fingerprint density at radius 3 is 2.63 bits per heavy atom. The molecule has 0 spiro atoms. The maximum atomic E-state index is 13.1. The van der Waals surface area contributed by atoms with Crippen LogP contribution in [-0.2, 0) is 37.9 Å². The van der Waals surface area contributed by atoms with Crippen LogP contribution in [0.15, 0.2) is 41.3 Å². The number of hydrogen-bond donors (Lipinski definition) is 2. The molecule has 1 aliphatic heterocycles. The topological polar surface area (TPSA) is 109 Å². The Hall–Kier alpha value is -3.57. The first kappa shape index (κ1) is 24.6. The second kappa shape index (κ2) is 10.4. The van der Waals surface area contributed by atoms with E-state index in [2.05, 4.69) is 20.3 Å². The summed E-state index contributed by atoms with van der Waals surface area (Å²) in [6.45, 7) is 2.36. The van der Waals surface area contributed by atoms with Crippen molar-refractivity contribution in [2.45, 2.75) is 32.1 Å². The molecule has 2 N–H and O–H groups in total. The van der Waals surface area contributed by atoms with Crippen molar-refractivity contribution in [3.05, 3.63) is 75.5 Å². The average Bonchev–Trinajstić information content (AvgIpc) is 3.22. The predicted molar refractivity (Wildman–Crippen MR) is 127 cm³/mol. The predicted octanol–water partition coefficient (Wildman–Crippen LogP) is 0.799. The minimum atomic E-state index is -0.544. The lowest BCUT2D eigenvalue weighted by Gasteiger charge is -2.38. The Labute approximate surface area is 202 Å². The van der Waals surface area contributed by atoms with E-state index in [9.17, 15) is 19.1 Å². The van der Waals surface area contributed by atoms with Crippen LogP contribution in [0, 0.1) is 5.82 Å². The number of rotatable bonds is 8. The van der Waals surface area contributed by atoms with E-state index in [0.29, 0.717) is 32.0 Å². The largest absolute Gasteiger partial charge is 0.502 e. The Morgan fingerprint density at radius 1 is 1.23 bits per heavy atom. The van der Waals surface area contributed by atoms with Gasteiger partial charge in [-0.25, -0.2) is 9.37 Å². The molecule has 186 valence electrons. The number of aromatic hydroxyl groups is 1. The molecular formula is C24H30FN7O3. The standard InChI is InChI=1S/C24H30FN7O3/c1-29(2)15-20-23-27-19(12-21(33)26-13-16-4-6-17(25)7-5-16)22(34)24(35)32(23)11-10-31(20)14-18-8-9-30(3)28-18/h4-9,20,34H,10-15H2,1-3H3,(H,26,33). The van der Waals surface area contributed by atoms with Crippen LogP contribution in [0.5, 0.6) is 5.75 Å². The lowest BCUT2D eigenvalue weighted by atomic mass is 10.1. The molecular weight excluding hydrogens is 453 g/mol. The molecule has 1 amide bonds. The molecule has 0 fully saturated rings. The van der Waals surface area contributed by atoms with Crippen LogP contribution >= 0.6 is 0 Å². The third kappa shape index (κ3) is 5.75. The lowest BCUT2D eigenvalue weighted by Crippen LogP contribution is -2.46. The number of carbonyl (C=O) groups excluding carboxylic acids is 1. The van der Waals surface area contributed by atoms with Crippen molar-refractivity contribution in [2.75, 3.05) is 27.2 Å². The third-order valence-corrected chi connectivity index (χ3v) is 6.00. The normalized spacial score (nSPS) is 15.9. The van der Waals surface area contributed by atoms with Gasteiger partial charge in [0.1, 0.15) is 11.6 Å². The summed E-state index contributed by atoms with van der Waals surface area (Å²) in [5.74, 6) is -0.739. The highest BCUT2D eigenvalue weighted by Crippen LogP contribution is 2.27. The first-order chi connectivity index (χ1) is 16.7. The van der Waals surface area contributed by atoms with Gasteiger partial charge in [-0.05, 0) is 37.9 Å². The summed E-state index contributed by atoms with van der Waals surface area (Å²) in [5, 5.41) is 17.7. The second-order valence-corrected chi connectivity index (χ2v) is 9.03. The van der Waals surface area contributed by atoms with Crippen molar-refractivity contribution >= 4 is 5.91 Å². The number of benzene rings is 1. The van der Waals surface area contributed by atoms with E-state index >= 15 is 0 Å². The summed E-state index contributed by atoms with van der Waals surface area (Å²) in [5.41, 5.74) is 1.14. The number of halogens is 1. The number of aromatic nitrogens is 4. The van der Waals surface area contributed by atoms with E-state index < -0.39 is 17.2 Å². The quantitative estimate of drug-likeness (QED) is 0.488. The lowest BCUT2D eigenvalue weighted by molar-refractivity contribution is -0.120.